The average Bonchev–Trinajstić information content (AvgIpc) is 3.26. The Morgan fingerprint density at radius 1 is 1.21 bits per heavy atom. The van der Waals surface area contributed by atoms with Gasteiger partial charge < -0.3 is 20.1 Å². The summed E-state index contributed by atoms with van der Waals surface area (Å²) in [5.41, 5.74) is 1.16. The molecule has 7 nitrogen and oxygen atoms in total. The fraction of sp³-hybridized carbons (Fsp3) is 0.636. The van der Waals surface area contributed by atoms with Crippen LogP contribution in [-0.4, -0.2) is 68.3 Å². The second kappa shape index (κ2) is 10.7. The molecule has 29 heavy (non-hydrogen) atoms. The molecule has 2 fully saturated rings. The van der Waals surface area contributed by atoms with Crippen LogP contribution in [0.2, 0.25) is 0 Å². The van der Waals surface area contributed by atoms with Gasteiger partial charge in [0, 0.05) is 43.5 Å². The highest BCUT2D eigenvalue weighted by Gasteiger charge is 2.24. The number of carbonyl (C=O) groups excluding carboxylic acids is 2. The average molecular weight is 404 g/mol. The predicted molar refractivity (Wildman–Crippen MR) is 112 cm³/mol. The molecule has 2 saturated heterocycles. The SMILES string of the molecule is CC(C)CC(CNC(=O)c1cccc(NC(=O)C2CCCO2)c1)N1CCOCC1. The molecule has 2 N–H and O–H groups in total. The zero-order chi connectivity index (χ0) is 20.6. The minimum Gasteiger partial charge on any atom is -0.379 e. The summed E-state index contributed by atoms with van der Waals surface area (Å²) < 4.78 is 10.9. The fourth-order valence-corrected chi connectivity index (χ4v) is 3.91. The highest BCUT2D eigenvalue weighted by molar-refractivity contribution is 5.98. The number of benzene rings is 1. The van der Waals surface area contributed by atoms with Gasteiger partial charge in [-0.2, -0.15) is 0 Å². The molecule has 0 aromatic heterocycles. The summed E-state index contributed by atoms with van der Waals surface area (Å²) in [7, 11) is 0. The van der Waals surface area contributed by atoms with E-state index < -0.39 is 6.10 Å². The molecule has 0 bridgehead atoms. The highest BCUT2D eigenvalue weighted by Crippen LogP contribution is 2.17. The normalized spacial score (nSPS) is 21.1. The van der Waals surface area contributed by atoms with E-state index in [4.69, 9.17) is 9.47 Å². The van der Waals surface area contributed by atoms with E-state index in [0.29, 0.717) is 36.4 Å². The monoisotopic (exact) mass is 403 g/mol. The van der Waals surface area contributed by atoms with Gasteiger partial charge in [-0.15, -0.1) is 0 Å². The van der Waals surface area contributed by atoms with Gasteiger partial charge in [-0.25, -0.2) is 0 Å². The summed E-state index contributed by atoms with van der Waals surface area (Å²) in [6, 6.07) is 7.36. The van der Waals surface area contributed by atoms with E-state index >= 15 is 0 Å². The van der Waals surface area contributed by atoms with Crippen molar-refractivity contribution in [2.75, 3.05) is 44.8 Å². The van der Waals surface area contributed by atoms with Crippen molar-refractivity contribution in [3.05, 3.63) is 29.8 Å². The maximum Gasteiger partial charge on any atom is 0.253 e. The van der Waals surface area contributed by atoms with Crippen molar-refractivity contribution in [1.82, 2.24) is 10.2 Å². The van der Waals surface area contributed by atoms with Crippen molar-refractivity contribution in [2.24, 2.45) is 5.92 Å². The van der Waals surface area contributed by atoms with Crippen molar-refractivity contribution < 1.29 is 19.1 Å². The van der Waals surface area contributed by atoms with Crippen LogP contribution >= 0.6 is 0 Å². The van der Waals surface area contributed by atoms with Crippen LogP contribution in [0.3, 0.4) is 0 Å². The van der Waals surface area contributed by atoms with E-state index in [1.54, 1.807) is 24.3 Å². The highest BCUT2D eigenvalue weighted by atomic mass is 16.5. The zero-order valence-corrected chi connectivity index (χ0v) is 17.5. The van der Waals surface area contributed by atoms with Gasteiger partial charge in [0.1, 0.15) is 6.10 Å². The number of hydrogen-bond acceptors (Lipinski definition) is 5. The molecule has 160 valence electrons. The topological polar surface area (TPSA) is 79.9 Å². The molecule has 2 aliphatic rings. The van der Waals surface area contributed by atoms with Crippen LogP contribution in [0.25, 0.3) is 0 Å². The molecule has 1 aromatic rings. The van der Waals surface area contributed by atoms with Crippen LogP contribution in [-0.2, 0) is 14.3 Å². The van der Waals surface area contributed by atoms with Crippen LogP contribution < -0.4 is 10.6 Å². The van der Waals surface area contributed by atoms with Crippen molar-refractivity contribution in [1.29, 1.82) is 0 Å². The molecule has 2 heterocycles. The Kier molecular flexibility index (Phi) is 8.03. The van der Waals surface area contributed by atoms with Gasteiger partial charge in [-0.1, -0.05) is 19.9 Å². The Hall–Kier alpha value is -1.96. The van der Waals surface area contributed by atoms with E-state index in [1.807, 2.05) is 0 Å². The number of hydrogen-bond donors (Lipinski definition) is 2. The van der Waals surface area contributed by atoms with Gasteiger partial charge in [0.05, 0.1) is 13.2 Å². The lowest BCUT2D eigenvalue weighted by Gasteiger charge is -2.35. The first kappa shape index (κ1) is 21.7. The van der Waals surface area contributed by atoms with E-state index in [9.17, 15) is 9.59 Å². The Labute approximate surface area is 173 Å². The second-order valence-electron chi connectivity index (χ2n) is 8.21. The number of carbonyl (C=O) groups is 2. The standard InChI is InChI=1S/C22H33N3O4/c1-16(2)13-19(25-8-11-28-12-9-25)15-23-21(26)17-5-3-6-18(14-17)24-22(27)20-7-4-10-29-20/h3,5-6,14,16,19-20H,4,7-13,15H2,1-2H3,(H,23,26)(H,24,27). The van der Waals surface area contributed by atoms with Gasteiger partial charge >= 0.3 is 0 Å². The number of nitrogens with zero attached hydrogens (tertiary/aromatic N) is 1. The Morgan fingerprint density at radius 3 is 2.69 bits per heavy atom. The molecular formula is C22H33N3O4. The van der Waals surface area contributed by atoms with Crippen molar-refractivity contribution in [2.45, 2.75) is 45.3 Å². The van der Waals surface area contributed by atoms with Crippen LogP contribution in [0, 0.1) is 5.92 Å². The molecule has 0 aliphatic carbocycles. The van der Waals surface area contributed by atoms with Crippen LogP contribution in [0.15, 0.2) is 24.3 Å². The van der Waals surface area contributed by atoms with E-state index in [0.717, 1.165) is 45.6 Å². The van der Waals surface area contributed by atoms with Crippen molar-refractivity contribution in [3.8, 4) is 0 Å². The number of anilines is 1. The summed E-state index contributed by atoms with van der Waals surface area (Å²) in [6.45, 7) is 8.93. The van der Waals surface area contributed by atoms with Gasteiger partial charge in [0.25, 0.3) is 11.8 Å². The van der Waals surface area contributed by atoms with E-state index in [2.05, 4.69) is 29.4 Å². The Balaban J connectivity index is 1.56. The number of amides is 2. The number of ether oxygens (including phenoxy) is 2. The molecule has 2 aliphatic heterocycles. The second-order valence-corrected chi connectivity index (χ2v) is 8.21. The lowest BCUT2D eigenvalue weighted by Crippen LogP contribution is -2.49. The molecule has 7 heteroatoms. The van der Waals surface area contributed by atoms with Gasteiger partial charge in [-0.05, 0) is 43.4 Å². The predicted octanol–water partition coefficient (Wildman–Crippen LogP) is 2.28. The minimum absolute atomic E-state index is 0.125. The van der Waals surface area contributed by atoms with Crippen LogP contribution in [0.5, 0.6) is 0 Å². The summed E-state index contributed by atoms with van der Waals surface area (Å²) in [6.07, 6.45) is 2.28. The zero-order valence-electron chi connectivity index (χ0n) is 17.5. The summed E-state index contributed by atoms with van der Waals surface area (Å²) >= 11 is 0. The summed E-state index contributed by atoms with van der Waals surface area (Å²) in [4.78, 5) is 27.4. The summed E-state index contributed by atoms with van der Waals surface area (Å²) in [5, 5.41) is 5.93. The maximum atomic E-state index is 12.7. The van der Waals surface area contributed by atoms with Gasteiger partial charge in [0.2, 0.25) is 0 Å². The molecule has 0 saturated carbocycles. The molecule has 3 rings (SSSR count). The van der Waals surface area contributed by atoms with Gasteiger partial charge in [0.15, 0.2) is 0 Å². The number of nitrogens with one attached hydrogen (secondary N) is 2. The van der Waals surface area contributed by atoms with Crippen molar-refractivity contribution >= 4 is 17.5 Å². The quantitative estimate of drug-likeness (QED) is 0.696. The largest absolute Gasteiger partial charge is 0.379 e. The molecule has 0 radical (unpaired) electrons. The van der Waals surface area contributed by atoms with E-state index in [1.165, 1.54) is 0 Å². The van der Waals surface area contributed by atoms with Gasteiger partial charge in [-0.3, -0.25) is 14.5 Å². The third-order valence-corrected chi connectivity index (χ3v) is 5.42. The molecule has 0 spiro atoms. The van der Waals surface area contributed by atoms with E-state index in [-0.39, 0.29) is 11.8 Å². The smallest absolute Gasteiger partial charge is 0.253 e. The first-order valence-electron chi connectivity index (χ1n) is 10.7. The maximum absolute atomic E-state index is 12.7. The minimum atomic E-state index is -0.391. The molecule has 1 aromatic carbocycles. The summed E-state index contributed by atoms with van der Waals surface area (Å²) in [5.74, 6) is 0.278. The number of rotatable bonds is 8. The Morgan fingerprint density at radius 2 is 2.00 bits per heavy atom. The van der Waals surface area contributed by atoms with Crippen LogP contribution in [0.1, 0.15) is 43.5 Å². The molecular weight excluding hydrogens is 370 g/mol. The third-order valence-electron chi connectivity index (χ3n) is 5.42. The number of morpholine rings is 1. The first-order valence-corrected chi connectivity index (χ1v) is 10.7. The lowest BCUT2D eigenvalue weighted by atomic mass is 10.0. The van der Waals surface area contributed by atoms with Crippen LogP contribution in [0.4, 0.5) is 5.69 Å². The molecule has 2 atom stereocenters. The molecule has 2 unspecified atom stereocenters. The first-order chi connectivity index (χ1) is 14.0. The van der Waals surface area contributed by atoms with Crippen molar-refractivity contribution in [3.63, 3.8) is 0 Å². The third kappa shape index (κ3) is 6.52. The Bertz CT molecular complexity index is 682. The lowest BCUT2D eigenvalue weighted by molar-refractivity contribution is -0.124. The molecule has 2 amide bonds. The fourth-order valence-electron chi connectivity index (χ4n) is 3.91.